The first kappa shape index (κ1) is 14.8. The van der Waals surface area contributed by atoms with Crippen LogP contribution in [0.1, 0.15) is 29.0 Å². The van der Waals surface area contributed by atoms with Crippen LogP contribution in [0, 0.1) is 0 Å². The number of benzene rings is 1. The minimum atomic E-state index is -0.336. The molecule has 1 aromatic heterocycles. The van der Waals surface area contributed by atoms with E-state index in [9.17, 15) is 4.79 Å². The Labute approximate surface area is 143 Å². The summed E-state index contributed by atoms with van der Waals surface area (Å²) in [6, 6.07) is 9.70. The molecule has 1 fully saturated rings. The molecule has 2 aromatic rings. The highest BCUT2D eigenvalue weighted by atomic mass is 79.9. The van der Waals surface area contributed by atoms with Gasteiger partial charge in [0.1, 0.15) is 11.4 Å². The third-order valence-corrected chi connectivity index (χ3v) is 5.12. The van der Waals surface area contributed by atoms with Crippen molar-refractivity contribution in [2.75, 3.05) is 18.4 Å². The molecular formula is C17H18BrN3O2. The Morgan fingerprint density at radius 2 is 2.04 bits per heavy atom. The van der Waals surface area contributed by atoms with Crippen molar-refractivity contribution in [2.24, 2.45) is 0 Å². The second-order valence-corrected chi connectivity index (χ2v) is 7.12. The summed E-state index contributed by atoms with van der Waals surface area (Å²) in [4.78, 5) is 14.8. The van der Waals surface area contributed by atoms with Crippen LogP contribution in [0.5, 0.6) is 0 Å². The van der Waals surface area contributed by atoms with Gasteiger partial charge in [0, 0.05) is 36.1 Å². The maximum absolute atomic E-state index is 12.4. The van der Waals surface area contributed by atoms with Crippen molar-refractivity contribution in [3.8, 4) is 0 Å². The molecule has 120 valence electrons. The Kier molecular flexibility index (Phi) is 3.66. The average Bonchev–Trinajstić information content (AvgIpc) is 3.04. The molecule has 0 bridgehead atoms. The van der Waals surface area contributed by atoms with Crippen molar-refractivity contribution in [1.29, 1.82) is 0 Å². The molecule has 2 aliphatic rings. The predicted molar refractivity (Wildman–Crippen MR) is 91.2 cm³/mol. The van der Waals surface area contributed by atoms with Gasteiger partial charge in [-0.3, -0.25) is 9.69 Å². The number of furan rings is 1. The third-order valence-electron chi connectivity index (χ3n) is 4.62. The van der Waals surface area contributed by atoms with E-state index in [0.717, 1.165) is 48.4 Å². The first-order chi connectivity index (χ1) is 11.1. The van der Waals surface area contributed by atoms with Crippen LogP contribution in [0.4, 0.5) is 5.69 Å². The lowest BCUT2D eigenvalue weighted by atomic mass is 9.92. The molecule has 23 heavy (non-hydrogen) atoms. The van der Waals surface area contributed by atoms with Crippen LogP contribution in [0.25, 0.3) is 0 Å². The molecule has 1 amide bonds. The fraction of sp³-hybridized carbons (Fsp3) is 0.353. The lowest BCUT2D eigenvalue weighted by Crippen LogP contribution is -2.62. The van der Waals surface area contributed by atoms with Gasteiger partial charge in [-0.1, -0.05) is 15.9 Å². The smallest absolute Gasteiger partial charge is 0.255 e. The van der Waals surface area contributed by atoms with Gasteiger partial charge in [0.2, 0.25) is 0 Å². The molecule has 5 nitrogen and oxygen atoms in total. The molecule has 0 unspecified atom stereocenters. The number of carbonyl (C=O) groups is 1. The Morgan fingerprint density at radius 3 is 2.78 bits per heavy atom. The largest absolute Gasteiger partial charge is 0.468 e. The normalized spacial score (nSPS) is 20.0. The first-order valence-electron chi connectivity index (χ1n) is 7.79. The molecule has 4 rings (SSSR count). The summed E-state index contributed by atoms with van der Waals surface area (Å²) in [5, 5.41) is 6.72. The van der Waals surface area contributed by atoms with E-state index in [0.29, 0.717) is 5.56 Å². The van der Waals surface area contributed by atoms with Crippen molar-refractivity contribution >= 4 is 27.5 Å². The van der Waals surface area contributed by atoms with Crippen LogP contribution in [-0.2, 0) is 6.54 Å². The zero-order valence-electron chi connectivity index (χ0n) is 12.6. The number of carbonyl (C=O) groups excluding carboxylic acids is 1. The van der Waals surface area contributed by atoms with Gasteiger partial charge in [0.05, 0.1) is 18.4 Å². The number of amides is 1. The van der Waals surface area contributed by atoms with Gasteiger partial charge in [-0.25, -0.2) is 0 Å². The first-order valence-corrected chi connectivity index (χ1v) is 8.58. The second kappa shape index (κ2) is 5.69. The summed E-state index contributed by atoms with van der Waals surface area (Å²) in [5.41, 5.74) is 1.27. The quantitative estimate of drug-likeness (QED) is 0.845. The number of hydrogen-bond acceptors (Lipinski definition) is 4. The second-order valence-electron chi connectivity index (χ2n) is 6.21. The number of hydrogen-bond donors (Lipinski definition) is 2. The highest BCUT2D eigenvalue weighted by molar-refractivity contribution is 9.10. The van der Waals surface area contributed by atoms with Crippen LogP contribution in [0.3, 0.4) is 0 Å². The molecule has 0 radical (unpaired) electrons. The molecule has 2 aliphatic heterocycles. The fourth-order valence-electron chi connectivity index (χ4n) is 3.35. The van der Waals surface area contributed by atoms with E-state index in [1.165, 1.54) is 0 Å². The number of rotatable bonds is 2. The number of piperidine rings is 1. The van der Waals surface area contributed by atoms with Crippen LogP contribution in [0.15, 0.2) is 45.5 Å². The lowest BCUT2D eigenvalue weighted by Gasteiger charge is -2.45. The highest BCUT2D eigenvalue weighted by Crippen LogP contribution is 2.33. The van der Waals surface area contributed by atoms with E-state index in [1.807, 2.05) is 30.3 Å². The summed E-state index contributed by atoms with van der Waals surface area (Å²) in [6.07, 6.45) is 3.45. The maximum Gasteiger partial charge on any atom is 0.255 e. The molecule has 1 aromatic carbocycles. The molecule has 0 saturated carbocycles. The molecule has 2 N–H and O–H groups in total. The van der Waals surface area contributed by atoms with E-state index in [-0.39, 0.29) is 11.6 Å². The molecule has 1 saturated heterocycles. The van der Waals surface area contributed by atoms with Crippen LogP contribution in [0.2, 0.25) is 0 Å². The number of nitrogens with zero attached hydrogens (tertiary/aromatic N) is 1. The van der Waals surface area contributed by atoms with Crippen molar-refractivity contribution in [2.45, 2.75) is 25.0 Å². The topological polar surface area (TPSA) is 57.5 Å². The predicted octanol–water partition coefficient (Wildman–Crippen LogP) is 3.19. The monoisotopic (exact) mass is 375 g/mol. The number of anilines is 1. The summed E-state index contributed by atoms with van der Waals surface area (Å²) in [5.74, 6) is 0.983. The Hall–Kier alpha value is -1.79. The maximum atomic E-state index is 12.4. The molecule has 0 aliphatic carbocycles. The zero-order chi connectivity index (χ0) is 15.9. The van der Waals surface area contributed by atoms with E-state index in [1.54, 1.807) is 6.26 Å². The summed E-state index contributed by atoms with van der Waals surface area (Å²) < 4.78 is 6.33. The molecule has 0 atom stereocenters. The number of halogens is 1. The van der Waals surface area contributed by atoms with Crippen molar-refractivity contribution in [3.05, 3.63) is 52.4 Å². The van der Waals surface area contributed by atoms with Gasteiger partial charge in [-0.2, -0.15) is 0 Å². The summed E-state index contributed by atoms with van der Waals surface area (Å²) in [6.45, 7) is 2.65. The van der Waals surface area contributed by atoms with Crippen molar-refractivity contribution in [3.63, 3.8) is 0 Å². The van der Waals surface area contributed by atoms with Crippen LogP contribution in [-0.4, -0.2) is 29.6 Å². The van der Waals surface area contributed by atoms with E-state index >= 15 is 0 Å². The van der Waals surface area contributed by atoms with Gasteiger partial charge in [-0.15, -0.1) is 0 Å². The Bertz CT molecular complexity index is 721. The summed E-state index contributed by atoms with van der Waals surface area (Å²) in [7, 11) is 0. The molecule has 1 spiro atoms. The van der Waals surface area contributed by atoms with E-state index < -0.39 is 0 Å². The number of likely N-dealkylation sites (tertiary alicyclic amines) is 1. The molecule has 3 heterocycles. The van der Waals surface area contributed by atoms with Gasteiger partial charge >= 0.3 is 0 Å². The van der Waals surface area contributed by atoms with Crippen LogP contribution >= 0.6 is 15.9 Å². The summed E-state index contributed by atoms with van der Waals surface area (Å²) >= 11 is 3.42. The minimum absolute atomic E-state index is 0.000431. The third kappa shape index (κ3) is 2.88. The minimum Gasteiger partial charge on any atom is -0.468 e. The fourth-order valence-corrected chi connectivity index (χ4v) is 3.71. The van der Waals surface area contributed by atoms with Crippen molar-refractivity contribution in [1.82, 2.24) is 10.2 Å². The Balaban J connectivity index is 1.47. The zero-order valence-corrected chi connectivity index (χ0v) is 14.2. The van der Waals surface area contributed by atoms with Gasteiger partial charge in [0.25, 0.3) is 5.91 Å². The SMILES string of the molecule is O=C1NC2(CCN(Cc3ccco3)CC2)Nc2ccc(Br)cc21. The molecular weight excluding hydrogens is 358 g/mol. The molecule has 6 heteroatoms. The van der Waals surface area contributed by atoms with Gasteiger partial charge in [-0.05, 0) is 30.3 Å². The average molecular weight is 376 g/mol. The lowest BCUT2D eigenvalue weighted by molar-refractivity contribution is 0.0815. The van der Waals surface area contributed by atoms with E-state index in [2.05, 4.69) is 31.5 Å². The Morgan fingerprint density at radius 1 is 1.22 bits per heavy atom. The number of nitrogens with one attached hydrogen (secondary N) is 2. The van der Waals surface area contributed by atoms with Crippen molar-refractivity contribution < 1.29 is 9.21 Å². The van der Waals surface area contributed by atoms with E-state index in [4.69, 9.17) is 4.42 Å². The van der Waals surface area contributed by atoms with Gasteiger partial charge in [0.15, 0.2) is 0 Å². The van der Waals surface area contributed by atoms with Crippen LogP contribution < -0.4 is 10.6 Å². The number of fused-ring (bicyclic) bond motifs is 1. The highest BCUT2D eigenvalue weighted by Gasteiger charge is 2.40. The standard InChI is InChI=1S/C17H18BrN3O2/c18-12-3-4-15-14(10-12)16(22)20-17(19-15)5-7-21(8-6-17)11-13-2-1-9-23-13/h1-4,9-10,19H,5-8,11H2,(H,20,22). The van der Waals surface area contributed by atoms with Gasteiger partial charge < -0.3 is 15.1 Å².